The van der Waals surface area contributed by atoms with Crippen LogP contribution in [-0.4, -0.2) is 76.7 Å². The molecule has 0 unspecified atom stereocenters. The molecule has 28 nitrogen and oxygen atoms in total. The van der Waals surface area contributed by atoms with Gasteiger partial charge in [-0.1, -0.05) is 109 Å². The molecule has 0 fully saturated rings. The summed E-state index contributed by atoms with van der Waals surface area (Å²) in [6.45, 7) is 0. The summed E-state index contributed by atoms with van der Waals surface area (Å²) in [7, 11) is 0. The third-order valence-electron chi connectivity index (χ3n) is 11.0. The molecule has 0 saturated carbocycles. The fourth-order valence-corrected chi connectivity index (χ4v) is 7.10. The van der Waals surface area contributed by atoms with E-state index in [0.717, 1.165) is 65.4 Å². The molecule has 0 aliphatic heterocycles. The van der Waals surface area contributed by atoms with Gasteiger partial charge in [0.2, 0.25) is 0 Å². The van der Waals surface area contributed by atoms with E-state index in [1.54, 1.807) is 36.4 Å². The van der Waals surface area contributed by atoms with Crippen LogP contribution in [0.1, 0.15) is 62.1 Å². The standard InChI is InChI=1S/6C10H7NO2.2Gd.10H2O/c6*12-10(13)8-5-7-3-1-2-4-9(7)11-6-8;;;;;;;;;;;;/h6*1-6H,(H,12,13);;;10*1H2/q;;;;;;2*+3;;;;;;;;;;/p+2. The zero-order valence-electron chi connectivity index (χ0n) is 46.7. The van der Waals surface area contributed by atoms with E-state index < -0.39 is 35.8 Å². The largest absolute Gasteiger partial charge is 3.00 e. The minimum absolute atomic E-state index is 0. The van der Waals surface area contributed by atoms with Gasteiger partial charge in [0.05, 0.1) is 68.9 Å². The first kappa shape index (κ1) is 92.0. The Kier molecular flexibility index (Phi) is 46.2. The Morgan fingerprint density at radius 2 is 0.333 bits per heavy atom. The third-order valence-corrected chi connectivity index (χ3v) is 11.0. The molecule has 30 heteroatoms. The number of carboxylic acid groups (broad SMARTS) is 6. The summed E-state index contributed by atoms with van der Waals surface area (Å²) in [6, 6.07) is 53.3. The molecule has 0 amide bonds. The molecule has 0 atom stereocenters. The zero-order valence-corrected chi connectivity index (χ0v) is 51.2. The molecule has 474 valence electrons. The van der Waals surface area contributed by atoms with Crippen LogP contribution in [-0.2, 0) is 43.8 Å². The number of hydrogen-bond acceptors (Lipinski definition) is 18. The Morgan fingerprint density at radius 1 is 0.222 bits per heavy atom. The summed E-state index contributed by atoms with van der Waals surface area (Å²) in [4.78, 5) is 86.9. The van der Waals surface area contributed by atoms with Crippen LogP contribution in [0.25, 0.3) is 65.4 Å². The van der Waals surface area contributed by atoms with E-state index in [1.807, 2.05) is 146 Å². The minimum Gasteiger partial charge on any atom is -0.545 e. The van der Waals surface area contributed by atoms with Crippen molar-refractivity contribution < 1.29 is 194 Å². The maximum Gasteiger partial charge on any atom is 3.00 e. The normalized spacial score (nSPS) is 8.80. The van der Waals surface area contributed by atoms with Gasteiger partial charge < -0.3 is 114 Å². The summed E-state index contributed by atoms with van der Waals surface area (Å²) in [5.41, 5.74) is 5.37. The predicted molar refractivity (Wildman–Crippen MR) is 323 cm³/mol. The van der Waals surface area contributed by atoms with Crippen molar-refractivity contribution in [2.75, 3.05) is 0 Å². The van der Waals surface area contributed by atoms with Crippen molar-refractivity contribution in [3.05, 3.63) is 253 Å². The van der Waals surface area contributed by atoms with Crippen molar-refractivity contribution in [2.24, 2.45) is 0 Å². The number of carboxylic acids is 6. The first-order chi connectivity index (χ1) is 37.6. The smallest absolute Gasteiger partial charge is 0.545 e. The van der Waals surface area contributed by atoms with Crippen LogP contribution in [0.2, 0.25) is 0 Å². The van der Waals surface area contributed by atoms with E-state index >= 15 is 0 Å². The van der Waals surface area contributed by atoms with Gasteiger partial charge in [-0.25, -0.2) is 0 Å². The van der Waals surface area contributed by atoms with Crippen molar-refractivity contribution in [1.82, 2.24) is 29.9 Å². The quantitative estimate of drug-likeness (QED) is 0.140. The number of carbonyl (C=O) groups is 6. The summed E-state index contributed by atoms with van der Waals surface area (Å²) in [5, 5.41) is 67.8. The van der Waals surface area contributed by atoms with Crippen LogP contribution in [0.5, 0.6) is 0 Å². The topological polar surface area (TPSA) is 645 Å². The van der Waals surface area contributed by atoms with E-state index in [4.69, 9.17) is 0 Å². The first-order valence-electron chi connectivity index (χ1n) is 23.0. The number of aromatic nitrogens is 6. The summed E-state index contributed by atoms with van der Waals surface area (Å²) >= 11 is 0. The summed E-state index contributed by atoms with van der Waals surface area (Å²) < 4.78 is 0. The molecular weight excluding hydrogens is 1470 g/mol. The number of fused-ring (bicyclic) bond motifs is 6. The maximum atomic E-state index is 10.5. The van der Waals surface area contributed by atoms with Crippen LogP contribution in [0.15, 0.2) is 219 Å². The fourth-order valence-electron chi connectivity index (χ4n) is 7.10. The SMILES string of the molecule is O.O.O=C([O-])c1cnc2ccccc2c1.O=C([O-])c1cnc2ccccc2c1.O=C([O-])c1cnc2ccccc2c1.O=C([O-])c1cnc2ccccc2c1.O=C([O-])c1cnc2ccccc2c1.O=C([O-])c1cnc2ccccc2c1.[Gd+3].[Gd+3].[OH3+].[OH3+].[OH3+].[OH3+].[OH3+].[OH3+].[OH3+].[OH3+]. The average Bonchev–Trinajstić information content (AvgIpc) is 2.79. The molecule has 28 N–H and O–H groups in total. The Bertz CT molecular complexity index is 3520. The number of hydrogen-bond donors (Lipinski definition) is 0. The van der Waals surface area contributed by atoms with Crippen LogP contribution in [0.3, 0.4) is 0 Å². The van der Waals surface area contributed by atoms with Crippen LogP contribution < -0.4 is 30.6 Å². The van der Waals surface area contributed by atoms with Crippen molar-refractivity contribution in [2.45, 2.75) is 0 Å². The number of carbonyl (C=O) groups excluding carboxylic acids is 6. The second-order valence-corrected chi connectivity index (χ2v) is 16.2. The Hall–Kier alpha value is -9.15. The fraction of sp³-hybridized carbons (Fsp3) is 0. The number of benzene rings is 6. The van der Waals surface area contributed by atoms with Crippen LogP contribution in [0, 0.1) is 79.9 Å². The van der Waals surface area contributed by atoms with Gasteiger partial charge in [0.25, 0.3) is 0 Å². The van der Waals surface area contributed by atoms with Gasteiger partial charge in [-0.2, -0.15) is 0 Å². The van der Waals surface area contributed by atoms with Gasteiger partial charge in [-0.3, -0.25) is 29.9 Å². The molecule has 0 aliphatic rings. The Morgan fingerprint density at radius 3 is 0.444 bits per heavy atom. The van der Waals surface area contributed by atoms with E-state index in [2.05, 4.69) is 29.9 Å². The van der Waals surface area contributed by atoms with Gasteiger partial charge in [0.1, 0.15) is 0 Å². The van der Waals surface area contributed by atoms with Gasteiger partial charge >= 0.3 is 79.9 Å². The summed E-state index contributed by atoms with van der Waals surface area (Å²) in [5.74, 6) is -7.18. The summed E-state index contributed by atoms with van der Waals surface area (Å²) in [6.07, 6.45) is 7.82. The molecule has 0 bridgehead atoms. The van der Waals surface area contributed by atoms with Crippen molar-refractivity contribution in [3.63, 3.8) is 0 Å². The van der Waals surface area contributed by atoms with E-state index in [1.165, 1.54) is 37.2 Å². The molecule has 6 aromatic carbocycles. The third kappa shape index (κ3) is 26.3. The predicted octanol–water partition coefficient (Wildman–Crippen LogP) is -5.43. The second-order valence-electron chi connectivity index (χ2n) is 16.2. The monoisotopic (exact) mass is 1540 g/mol. The molecule has 0 spiro atoms. The van der Waals surface area contributed by atoms with Crippen molar-refractivity contribution in [3.8, 4) is 0 Å². The molecule has 12 aromatic rings. The van der Waals surface area contributed by atoms with E-state index in [9.17, 15) is 59.4 Å². The minimum atomic E-state index is -1.20. The molecule has 6 heterocycles. The van der Waals surface area contributed by atoms with Gasteiger partial charge in [0.15, 0.2) is 0 Å². The van der Waals surface area contributed by atoms with Crippen molar-refractivity contribution in [1.29, 1.82) is 0 Å². The van der Waals surface area contributed by atoms with Gasteiger partial charge in [-0.05, 0) is 72.8 Å². The van der Waals surface area contributed by atoms with Crippen molar-refractivity contribution >= 4 is 101 Å². The van der Waals surface area contributed by atoms with Gasteiger partial charge in [0, 0.05) is 103 Å². The average molecular weight is 1540 g/mol. The molecule has 12 rings (SSSR count). The molecule has 6 aromatic heterocycles. The number of para-hydroxylation sites is 6. The number of pyridine rings is 6. The number of aromatic carboxylic acids is 6. The molecule has 0 aliphatic carbocycles. The Balaban J connectivity index is -0.000000229. The number of rotatable bonds is 6. The molecule has 2 radical (unpaired) electrons. The maximum absolute atomic E-state index is 10.5. The van der Waals surface area contributed by atoms with Crippen LogP contribution >= 0.6 is 0 Å². The Labute approximate surface area is 572 Å². The van der Waals surface area contributed by atoms with E-state index in [-0.39, 0.29) is 168 Å². The second kappa shape index (κ2) is 45.2. The molecule has 0 saturated heterocycles. The molecule has 90 heavy (non-hydrogen) atoms. The zero-order chi connectivity index (χ0) is 55.6. The van der Waals surface area contributed by atoms with E-state index in [0.29, 0.717) is 0 Å². The van der Waals surface area contributed by atoms with Crippen LogP contribution in [0.4, 0.5) is 0 Å². The van der Waals surface area contributed by atoms with Gasteiger partial charge in [-0.15, -0.1) is 0 Å². The molecular formula is C60H64Gd2N6O22+8. The number of nitrogens with zero attached hydrogens (tertiary/aromatic N) is 6. The first-order valence-corrected chi connectivity index (χ1v) is 23.0.